The lowest BCUT2D eigenvalue weighted by atomic mass is 10.4. The Kier molecular flexibility index (Phi) is 4.50. The standard InChI is InChI=1S/C9H12INO3S/c1-7(12)6-11-15(13,14)9-5-3-2-4-8(9)10/h2-5,7,11-12H,6H2,1H3/t7-/m0/s1. The monoisotopic (exact) mass is 341 g/mol. The zero-order valence-electron chi connectivity index (χ0n) is 8.14. The van der Waals surface area contributed by atoms with Crippen LogP contribution in [-0.2, 0) is 10.0 Å². The van der Waals surface area contributed by atoms with Gasteiger partial charge in [-0.25, -0.2) is 13.1 Å². The van der Waals surface area contributed by atoms with Crippen molar-refractivity contribution in [1.82, 2.24) is 4.72 Å². The Balaban J connectivity index is 2.92. The van der Waals surface area contributed by atoms with Gasteiger partial charge >= 0.3 is 0 Å². The van der Waals surface area contributed by atoms with E-state index in [1.165, 1.54) is 13.0 Å². The van der Waals surface area contributed by atoms with Gasteiger partial charge in [-0.05, 0) is 41.6 Å². The molecule has 0 bridgehead atoms. The highest BCUT2D eigenvalue weighted by Gasteiger charge is 2.16. The third kappa shape index (κ3) is 3.71. The maximum Gasteiger partial charge on any atom is 0.241 e. The smallest absolute Gasteiger partial charge is 0.241 e. The number of benzene rings is 1. The van der Waals surface area contributed by atoms with E-state index < -0.39 is 16.1 Å². The summed E-state index contributed by atoms with van der Waals surface area (Å²) in [5, 5.41) is 9.00. The van der Waals surface area contributed by atoms with E-state index in [0.717, 1.165) is 0 Å². The van der Waals surface area contributed by atoms with Gasteiger partial charge in [0.15, 0.2) is 0 Å². The summed E-state index contributed by atoms with van der Waals surface area (Å²) in [6.45, 7) is 1.55. The molecule has 1 atom stereocenters. The molecular formula is C9H12INO3S. The van der Waals surface area contributed by atoms with Crippen LogP contribution in [0.2, 0.25) is 0 Å². The fraction of sp³-hybridized carbons (Fsp3) is 0.333. The highest BCUT2D eigenvalue weighted by atomic mass is 127. The number of rotatable bonds is 4. The number of hydrogen-bond donors (Lipinski definition) is 2. The van der Waals surface area contributed by atoms with Crippen LogP contribution in [0.5, 0.6) is 0 Å². The average Bonchev–Trinajstić information content (AvgIpc) is 2.15. The van der Waals surface area contributed by atoms with Crippen LogP contribution in [0.3, 0.4) is 0 Å². The quantitative estimate of drug-likeness (QED) is 0.802. The SMILES string of the molecule is C[C@H](O)CNS(=O)(=O)c1ccccc1I. The number of sulfonamides is 1. The van der Waals surface area contributed by atoms with E-state index in [2.05, 4.69) is 4.72 Å². The van der Waals surface area contributed by atoms with Crippen molar-refractivity contribution in [3.63, 3.8) is 0 Å². The van der Waals surface area contributed by atoms with Gasteiger partial charge in [0.2, 0.25) is 10.0 Å². The van der Waals surface area contributed by atoms with E-state index >= 15 is 0 Å². The van der Waals surface area contributed by atoms with E-state index in [1.807, 2.05) is 22.6 Å². The maximum absolute atomic E-state index is 11.7. The molecule has 6 heteroatoms. The molecule has 0 saturated carbocycles. The molecule has 0 aliphatic heterocycles. The largest absolute Gasteiger partial charge is 0.392 e. The van der Waals surface area contributed by atoms with E-state index in [0.29, 0.717) is 3.57 Å². The van der Waals surface area contributed by atoms with Gasteiger partial charge in [0, 0.05) is 10.1 Å². The second-order valence-electron chi connectivity index (χ2n) is 3.13. The van der Waals surface area contributed by atoms with Crippen molar-refractivity contribution in [3.05, 3.63) is 27.8 Å². The van der Waals surface area contributed by atoms with Crippen molar-refractivity contribution < 1.29 is 13.5 Å². The molecule has 0 saturated heterocycles. The molecule has 0 aliphatic carbocycles. The molecule has 84 valence electrons. The fourth-order valence-electron chi connectivity index (χ4n) is 0.971. The number of hydrogen-bond acceptors (Lipinski definition) is 3. The van der Waals surface area contributed by atoms with Gasteiger partial charge in [0.05, 0.1) is 11.0 Å². The Morgan fingerprint density at radius 2 is 2.07 bits per heavy atom. The summed E-state index contributed by atoms with van der Waals surface area (Å²) in [5.74, 6) is 0. The number of halogens is 1. The molecule has 0 aromatic heterocycles. The molecule has 2 N–H and O–H groups in total. The summed E-state index contributed by atoms with van der Waals surface area (Å²) < 4.78 is 26.5. The third-order valence-corrected chi connectivity index (χ3v) is 4.48. The molecule has 1 rings (SSSR count). The summed E-state index contributed by atoms with van der Waals surface area (Å²) in [6, 6.07) is 6.69. The van der Waals surface area contributed by atoms with Crippen LogP contribution in [0.1, 0.15) is 6.92 Å². The molecule has 0 aliphatic rings. The van der Waals surface area contributed by atoms with Crippen LogP contribution in [0.15, 0.2) is 29.2 Å². The summed E-state index contributed by atoms with van der Waals surface area (Å²) in [5.41, 5.74) is 0. The second-order valence-corrected chi connectivity index (χ2v) is 6.03. The molecule has 15 heavy (non-hydrogen) atoms. The van der Waals surface area contributed by atoms with Gasteiger partial charge in [-0.2, -0.15) is 0 Å². The topological polar surface area (TPSA) is 66.4 Å². The Hall–Kier alpha value is -0.180. The normalized spacial score (nSPS) is 13.8. The molecule has 1 aromatic carbocycles. The van der Waals surface area contributed by atoms with Crippen LogP contribution in [0.25, 0.3) is 0 Å². The zero-order chi connectivity index (χ0) is 11.5. The van der Waals surface area contributed by atoms with Crippen LogP contribution < -0.4 is 4.72 Å². The molecule has 0 radical (unpaired) electrons. The minimum absolute atomic E-state index is 0.0211. The molecule has 0 heterocycles. The first-order valence-electron chi connectivity index (χ1n) is 4.36. The van der Waals surface area contributed by atoms with E-state index in [-0.39, 0.29) is 11.4 Å². The first kappa shape index (κ1) is 12.9. The minimum atomic E-state index is -3.50. The number of aliphatic hydroxyl groups excluding tert-OH is 1. The number of nitrogens with one attached hydrogen (secondary N) is 1. The lowest BCUT2D eigenvalue weighted by molar-refractivity contribution is 0.198. The van der Waals surface area contributed by atoms with Crippen molar-refractivity contribution in [2.45, 2.75) is 17.9 Å². The Morgan fingerprint density at radius 1 is 1.47 bits per heavy atom. The van der Waals surface area contributed by atoms with Crippen molar-refractivity contribution >= 4 is 32.6 Å². The van der Waals surface area contributed by atoms with Gasteiger partial charge in [-0.3, -0.25) is 0 Å². The molecule has 0 unspecified atom stereocenters. The Bertz CT molecular complexity index is 431. The van der Waals surface area contributed by atoms with Crippen molar-refractivity contribution in [3.8, 4) is 0 Å². The molecule has 0 amide bonds. The predicted octanol–water partition coefficient (Wildman–Crippen LogP) is 0.950. The van der Waals surface area contributed by atoms with E-state index in [4.69, 9.17) is 5.11 Å². The summed E-state index contributed by atoms with van der Waals surface area (Å²) in [4.78, 5) is 0.242. The van der Waals surface area contributed by atoms with Crippen LogP contribution >= 0.6 is 22.6 Å². The molecular weight excluding hydrogens is 329 g/mol. The highest BCUT2D eigenvalue weighted by molar-refractivity contribution is 14.1. The first-order valence-corrected chi connectivity index (χ1v) is 6.92. The lowest BCUT2D eigenvalue weighted by Crippen LogP contribution is -2.31. The molecule has 4 nitrogen and oxygen atoms in total. The highest BCUT2D eigenvalue weighted by Crippen LogP contribution is 2.16. The Morgan fingerprint density at radius 3 is 2.60 bits per heavy atom. The van der Waals surface area contributed by atoms with Gasteiger partial charge in [0.1, 0.15) is 0 Å². The fourth-order valence-corrected chi connectivity index (χ4v) is 3.43. The Labute approximate surface area is 103 Å². The summed E-state index contributed by atoms with van der Waals surface area (Å²) in [7, 11) is -3.50. The average molecular weight is 341 g/mol. The van der Waals surface area contributed by atoms with E-state index in [9.17, 15) is 8.42 Å². The van der Waals surface area contributed by atoms with Crippen LogP contribution in [0, 0.1) is 3.57 Å². The van der Waals surface area contributed by atoms with Crippen molar-refractivity contribution in [1.29, 1.82) is 0 Å². The predicted molar refractivity (Wildman–Crippen MR) is 66.0 cm³/mol. The lowest BCUT2D eigenvalue weighted by Gasteiger charge is -2.09. The van der Waals surface area contributed by atoms with E-state index in [1.54, 1.807) is 18.2 Å². The van der Waals surface area contributed by atoms with Crippen LogP contribution in [0.4, 0.5) is 0 Å². The molecule has 1 aromatic rings. The van der Waals surface area contributed by atoms with Gasteiger partial charge in [-0.15, -0.1) is 0 Å². The minimum Gasteiger partial charge on any atom is -0.392 e. The van der Waals surface area contributed by atoms with Gasteiger partial charge in [-0.1, -0.05) is 12.1 Å². The van der Waals surface area contributed by atoms with Gasteiger partial charge < -0.3 is 5.11 Å². The maximum atomic E-state index is 11.7. The summed E-state index contributed by atoms with van der Waals surface area (Å²) in [6.07, 6.45) is -0.693. The first-order chi connectivity index (χ1) is 6.93. The molecule has 0 fully saturated rings. The van der Waals surface area contributed by atoms with Crippen molar-refractivity contribution in [2.24, 2.45) is 0 Å². The second kappa shape index (κ2) is 5.24. The van der Waals surface area contributed by atoms with Crippen molar-refractivity contribution in [2.75, 3.05) is 6.54 Å². The summed E-state index contributed by atoms with van der Waals surface area (Å²) >= 11 is 1.96. The number of aliphatic hydroxyl groups is 1. The van der Waals surface area contributed by atoms with Gasteiger partial charge in [0.25, 0.3) is 0 Å². The van der Waals surface area contributed by atoms with Crippen LogP contribution in [-0.4, -0.2) is 26.2 Å². The molecule has 0 spiro atoms. The zero-order valence-corrected chi connectivity index (χ0v) is 11.1. The third-order valence-electron chi connectivity index (χ3n) is 1.69.